The number of rotatable bonds is 4. The molecular weight excluding hydrogens is 446 g/mol. The van der Waals surface area contributed by atoms with Crippen molar-refractivity contribution < 1.29 is 0 Å². The SMILES string of the molecule is C[C@@H]1CN(c2nc(NCc3nc4ccccc4[nH]3)n3ncc(Br)c3n2)C[C@H](C)N1C. The van der Waals surface area contributed by atoms with Gasteiger partial charge in [-0.05, 0) is 49.0 Å². The summed E-state index contributed by atoms with van der Waals surface area (Å²) in [4.78, 5) is 22.2. The van der Waals surface area contributed by atoms with Crippen molar-refractivity contribution in [3.05, 3.63) is 40.8 Å². The number of piperazine rings is 1. The highest BCUT2D eigenvalue weighted by Crippen LogP contribution is 2.24. The third-order valence-corrected chi connectivity index (χ3v) is 6.37. The molecule has 1 fully saturated rings. The molecule has 0 bridgehead atoms. The molecule has 30 heavy (non-hydrogen) atoms. The summed E-state index contributed by atoms with van der Waals surface area (Å²) >= 11 is 3.57. The maximum absolute atomic E-state index is 4.82. The van der Waals surface area contributed by atoms with Crippen LogP contribution in [0.15, 0.2) is 34.9 Å². The summed E-state index contributed by atoms with van der Waals surface area (Å²) in [6.45, 7) is 6.73. The minimum atomic E-state index is 0.425. The number of likely N-dealkylation sites (N-methyl/N-ethyl adjacent to an activating group) is 1. The van der Waals surface area contributed by atoms with E-state index >= 15 is 0 Å². The van der Waals surface area contributed by atoms with Crippen LogP contribution in [0.3, 0.4) is 0 Å². The average molecular weight is 470 g/mol. The Morgan fingerprint density at radius 3 is 2.67 bits per heavy atom. The van der Waals surface area contributed by atoms with Crippen molar-refractivity contribution in [2.45, 2.75) is 32.5 Å². The van der Waals surface area contributed by atoms with Crippen molar-refractivity contribution in [2.75, 3.05) is 30.4 Å². The second kappa shape index (κ2) is 7.51. The first-order chi connectivity index (χ1) is 14.5. The van der Waals surface area contributed by atoms with E-state index < -0.39 is 0 Å². The van der Waals surface area contributed by atoms with Crippen LogP contribution >= 0.6 is 15.9 Å². The molecule has 1 aliphatic heterocycles. The predicted molar refractivity (Wildman–Crippen MR) is 121 cm³/mol. The molecule has 5 rings (SSSR count). The van der Waals surface area contributed by atoms with E-state index in [1.165, 1.54) is 0 Å². The van der Waals surface area contributed by atoms with Crippen LogP contribution in [0.2, 0.25) is 0 Å². The van der Waals surface area contributed by atoms with E-state index in [1.54, 1.807) is 10.7 Å². The number of imidazole rings is 1. The van der Waals surface area contributed by atoms with Crippen LogP contribution in [0.1, 0.15) is 19.7 Å². The van der Waals surface area contributed by atoms with E-state index in [0.717, 1.165) is 40.1 Å². The second-order valence-corrected chi connectivity index (χ2v) is 8.75. The molecule has 2 N–H and O–H groups in total. The lowest BCUT2D eigenvalue weighted by molar-refractivity contribution is 0.169. The van der Waals surface area contributed by atoms with Gasteiger partial charge in [0.05, 0.1) is 28.2 Å². The zero-order valence-corrected chi connectivity index (χ0v) is 18.8. The van der Waals surface area contributed by atoms with Gasteiger partial charge in [-0.2, -0.15) is 19.6 Å². The number of para-hydroxylation sites is 2. The maximum atomic E-state index is 4.82. The summed E-state index contributed by atoms with van der Waals surface area (Å²) in [7, 11) is 2.17. The number of aromatic amines is 1. The highest BCUT2D eigenvalue weighted by molar-refractivity contribution is 9.10. The molecule has 156 valence electrons. The first-order valence-electron chi connectivity index (χ1n) is 10.1. The summed E-state index contributed by atoms with van der Waals surface area (Å²) < 4.78 is 2.56. The summed E-state index contributed by atoms with van der Waals surface area (Å²) in [5.74, 6) is 2.19. The zero-order chi connectivity index (χ0) is 20.8. The first-order valence-corrected chi connectivity index (χ1v) is 10.8. The molecule has 3 aromatic heterocycles. The van der Waals surface area contributed by atoms with Crippen molar-refractivity contribution in [3.63, 3.8) is 0 Å². The van der Waals surface area contributed by atoms with Crippen molar-refractivity contribution in [1.82, 2.24) is 34.4 Å². The van der Waals surface area contributed by atoms with Gasteiger partial charge in [0.25, 0.3) is 0 Å². The van der Waals surface area contributed by atoms with Crippen molar-refractivity contribution in [1.29, 1.82) is 0 Å². The van der Waals surface area contributed by atoms with Crippen LogP contribution in [0.4, 0.5) is 11.9 Å². The number of aromatic nitrogens is 6. The largest absolute Gasteiger partial charge is 0.347 e. The fraction of sp³-hybridized carbons (Fsp3) is 0.400. The van der Waals surface area contributed by atoms with Gasteiger partial charge in [-0.1, -0.05) is 12.1 Å². The normalized spacial score (nSPS) is 20.3. The molecule has 4 aromatic rings. The Kier molecular flexibility index (Phi) is 4.82. The molecule has 0 unspecified atom stereocenters. The van der Waals surface area contributed by atoms with Crippen molar-refractivity contribution in [2.24, 2.45) is 0 Å². The van der Waals surface area contributed by atoms with Crippen LogP contribution in [-0.2, 0) is 6.54 Å². The number of benzene rings is 1. The fourth-order valence-corrected chi connectivity index (χ4v) is 4.26. The fourth-order valence-electron chi connectivity index (χ4n) is 3.92. The molecule has 0 amide bonds. The number of nitrogens with one attached hydrogen (secondary N) is 2. The monoisotopic (exact) mass is 469 g/mol. The summed E-state index contributed by atoms with van der Waals surface area (Å²) in [6.07, 6.45) is 1.75. The quantitative estimate of drug-likeness (QED) is 0.474. The zero-order valence-electron chi connectivity index (χ0n) is 17.2. The van der Waals surface area contributed by atoms with Gasteiger partial charge >= 0.3 is 0 Å². The van der Waals surface area contributed by atoms with Crippen LogP contribution < -0.4 is 10.2 Å². The van der Waals surface area contributed by atoms with Crippen LogP contribution in [0.25, 0.3) is 16.7 Å². The topological polar surface area (TPSA) is 90.3 Å². The van der Waals surface area contributed by atoms with Gasteiger partial charge in [-0.3, -0.25) is 4.90 Å². The third kappa shape index (κ3) is 3.39. The Balaban J connectivity index is 1.46. The van der Waals surface area contributed by atoms with Gasteiger partial charge in [-0.25, -0.2) is 4.98 Å². The average Bonchev–Trinajstić information content (AvgIpc) is 3.33. The molecule has 0 spiro atoms. The van der Waals surface area contributed by atoms with Gasteiger partial charge in [0.15, 0.2) is 5.65 Å². The summed E-state index contributed by atoms with van der Waals surface area (Å²) in [6, 6.07) is 8.85. The molecule has 1 saturated heterocycles. The van der Waals surface area contributed by atoms with Gasteiger partial charge in [0, 0.05) is 25.2 Å². The lowest BCUT2D eigenvalue weighted by atomic mass is 10.1. The lowest BCUT2D eigenvalue weighted by Gasteiger charge is -2.42. The molecule has 0 aliphatic carbocycles. The maximum Gasteiger partial charge on any atom is 0.230 e. The van der Waals surface area contributed by atoms with Gasteiger partial charge in [0.2, 0.25) is 11.9 Å². The van der Waals surface area contributed by atoms with E-state index in [9.17, 15) is 0 Å². The minimum absolute atomic E-state index is 0.425. The smallest absolute Gasteiger partial charge is 0.230 e. The number of fused-ring (bicyclic) bond motifs is 2. The molecule has 0 radical (unpaired) electrons. The summed E-state index contributed by atoms with van der Waals surface area (Å²) in [5.41, 5.74) is 2.71. The van der Waals surface area contributed by atoms with Gasteiger partial charge < -0.3 is 15.2 Å². The van der Waals surface area contributed by atoms with E-state index in [-0.39, 0.29) is 0 Å². The lowest BCUT2D eigenvalue weighted by Crippen LogP contribution is -2.55. The number of hydrogen-bond acceptors (Lipinski definition) is 7. The number of halogens is 1. The Bertz CT molecular complexity index is 1150. The summed E-state index contributed by atoms with van der Waals surface area (Å²) in [5, 5.41) is 7.81. The van der Waals surface area contributed by atoms with E-state index in [0.29, 0.717) is 30.5 Å². The first kappa shape index (κ1) is 19.3. The van der Waals surface area contributed by atoms with Crippen LogP contribution in [-0.4, -0.2) is 66.7 Å². The number of anilines is 2. The Labute approximate surface area is 182 Å². The molecule has 9 nitrogen and oxygen atoms in total. The van der Waals surface area contributed by atoms with Crippen LogP contribution in [0.5, 0.6) is 0 Å². The number of hydrogen-bond donors (Lipinski definition) is 2. The van der Waals surface area contributed by atoms with E-state index in [2.05, 4.69) is 67.0 Å². The Morgan fingerprint density at radius 2 is 1.90 bits per heavy atom. The van der Waals surface area contributed by atoms with Gasteiger partial charge in [-0.15, -0.1) is 0 Å². The second-order valence-electron chi connectivity index (χ2n) is 7.90. The third-order valence-electron chi connectivity index (χ3n) is 5.81. The molecular formula is C20H24BrN9. The van der Waals surface area contributed by atoms with E-state index in [1.807, 2.05) is 24.3 Å². The number of nitrogens with zero attached hydrogens (tertiary/aromatic N) is 7. The predicted octanol–water partition coefficient (Wildman–Crippen LogP) is 2.90. The highest BCUT2D eigenvalue weighted by atomic mass is 79.9. The van der Waals surface area contributed by atoms with Crippen molar-refractivity contribution >= 4 is 44.5 Å². The number of H-pyrrole nitrogens is 1. The molecule has 1 aromatic carbocycles. The van der Waals surface area contributed by atoms with Gasteiger partial charge in [0.1, 0.15) is 5.82 Å². The Morgan fingerprint density at radius 1 is 1.13 bits per heavy atom. The molecule has 4 heterocycles. The highest BCUT2D eigenvalue weighted by Gasteiger charge is 2.29. The van der Waals surface area contributed by atoms with Crippen LogP contribution in [0, 0.1) is 0 Å². The molecule has 1 aliphatic rings. The molecule has 0 saturated carbocycles. The molecule has 2 atom stereocenters. The standard InChI is InChI=1S/C20H24BrN9/c1-12-10-29(11-13(2)28(12)3)20-26-18-14(21)8-23-30(18)19(27-20)22-9-17-24-15-6-4-5-7-16(15)25-17/h4-8,12-13H,9-11H2,1-3H3,(H,24,25)(H,22,26,27)/t12-,13+. The minimum Gasteiger partial charge on any atom is -0.347 e. The Hall–Kier alpha value is -2.72. The van der Waals surface area contributed by atoms with E-state index in [4.69, 9.17) is 9.97 Å². The molecule has 10 heteroatoms. The van der Waals surface area contributed by atoms with Crippen molar-refractivity contribution in [3.8, 4) is 0 Å².